The molecule has 4 rings (SSSR count). The molecule has 0 bridgehead atoms. The van der Waals surface area contributed by atoms with Crippen molar-refractivity contribution in [2.24, 2.45) is 0 Å². The summed E-state index contributed by atoms with van der Waals surface area (Å²) >= 11 is 0. The summed E-state index contributed by atoms with van der Waals surface area (Å²) in [5.74, 6) is -0.219. The highest BCUT2D eigenvalue weighted by atomic mass is 19.4. The van der Waals surface area contributed by atoms with E-state index in [4.69, 9.17) is 5.73 Å². The number of anilines is 2. The van der Waals surface area contributed by atoms with E-state index in [1.165, 1.54) is 18.5 Å². The van der Waals surface area contributed by atoms with E-state index in [9.17, 15) is 18.0 Å². The molecule has 1 aromatic heterocycles. The Morgan fingerprint density at radius 1 is 0.938 bits per heavy atom. The molecule has 3 N–H and O–H groups in total. The molecule has 5 nitrogen and oxygen atoms in total. The number of aromatic nitrogens is 2. The lowest BCUT2D eigenvalue weighted by molar-refractivity contribution is -0.137. The van der Waals surface area contributed by atoms with Crippen LogP contribution in [0, 0.1) is 0 Å². The van der Waals surface area contributed by atoms with E-state index in [1.54, 1.807) is 36.4 Å². The van der Waals surface area contributed by atoms with Crippen LogP contribution in [0.2, 0.25) is 0 Å². The summed E-state index contributed by atoms with van der Waals surface area (Å²) in [4.78, 5) is 21.2. The first kappa shape index (κ1) is 21.0. The minimum absolute atomic E-state index is 0.0521. The SMILES string of the molecule is Nc1cc(/C=C\c2ccc3ccccc3c2C(=O)Nc2cccc(C(F)(F)F)c2)ncn1. The van der Waals surface area contributed by atoms with Gasteiger partial charge in [0.25, 0.3) is 5.91 Å². The van der Waals surface area contributed by atoms with E-state index < -0.39 is 17.6 Å². The van der Waals surface area contributed by atoms with E-state index in [1.807, 2.05) is 18.2 Å². The first-order valence-corrected chi connectivity index (χ1v) is 9.57. The van der Waals surface area contributed by atoms with Gasteiger partial charge in [-0.2, -0.15) is 13.2 Å². The molecule has 0 aliphatic rings. The zero-order chi connectivity index (χ0) is 22.7. The van der Waals surface area contributed by atoms with Gasteiger partial charge < -0.3 is 11.1 Å². The van der Waals surface area contributed by atoms with Crippen LogP contribution < -0.4 is 11.1 Å². The Bertz CT molecular complexity index is 1330. The molecule has 0 atom stereocenters. The summed E-state index contributed by atoms with van der Waals surface area (Å²) in [6.07, 6.45) is 0.211. The van der Waals surface area contributed by atoms with Gasteiger partial charge >= 0.3 is 6.18 Å². The number of alkyl halides is 3. The molecule has 1 heterocycles. The first-order valence-electron chi connectivity index (χ1n) is 9.57. The highest BCUT2D eigenvalue weighted by molar-refractivity contribution is 6.15. The largest absolute Gasteiger partial charge is 0.416 e. The number of amides is 1. The number of rotatable bonds is 4. The average Bonchev–Trinajstić information content (AvgIpc) is 2.77. The topological polar surface area (TPSA) is 80.9 Å². The van der Waals surface area contributed by atoms with Gasteiger partial charge in [0.05, 0.1) is 16.8 Å². The van der Waals surface area contributed by atoms with Crippen molar-refractivity contribution in [3.63, 3.8) is 0 Å². The van der Waals surface area contributed by atoms with Crippen molar-refractivity contribution in [3.8, 4) is 0 Å². The number of halogens is 3. The van der Waals surface area contributed by atoms with Crippen LogP contribution in [-0.4, -0.2) is 15.9 Å². The molecule has 160 valence electrons. The van der Waals surface area contributed by atoms with Crippen molar-refractivity contribution in [2.45, 2.75) is 6.18 Å². The molecule has 32 heavy (non-hydrogen) atoms. The van der Waals surface area contributed by atoms with E-state index in [0.29, 0.717) is 28.0 Å². The number of hydrogen-bond acceptors (Lipinski definition) is 4. The third-order valence-electron chi connectivity index (χ3n) is 4.78. The quantitative estimate of drug-likeness (QED) is 0.435. The van der Waals surface area contributed by atoms with E-state index >= 15 is 0 Å². The van der Waals surface area contributed by atoms with Gasteiger partial charge in [-0.25, -0.2) is 9.97 Å². The summed E-state index contributed by atoms with van der Waals surface area (Å²) in [5.41, 5.74) is 6.35. The van der Waals surface area contributed by atoms with Crippen LogP contribution in [0.15, 0.2) is 73.1 Å². The maximum absolute atomic E-state index is 13.2. The lowest BCUT2D eigenvalue weighted by atomic mass is 9.97. The fourth-order valence-electron chi connectivity index (χ4n) is 3.30. The lowest BCUT2D eigenvalue weighted by Gasteiger charge is -2.13. The Labute approximate surface area is 181 Å². The van der Waals surface area contributed by atoms with Crippen LogP contribution in [-0.2, 0) is 6.18 Å². The summed E-state index contributed by atoms with van der Waals surface area (Å²) in [6, 6.07) is 17.0. The molecule has 0 spiro atoms. The number of nitrogens with one attached hydrogen (secondary N) is 1. The summed E-state index contributed by atoms with van der Waals surface area (Å²) in [5, 5.41) is 4.08. The van der Waals surface area contributed by atoms with Crippen molar-refractivity contribution in [3.05, 3.63) is 95.4 Å². The van der Waals surface area contributed by atoms with Crippen LogP contribution in [0.5, 0.6) is 0 Å². The third kappa shape index (κ3) is 4.59. The molecule has 4 aromatic rings. The second kappa shape index (κ2) is 8.50. The fourth-order valence-corrected chi connectivity index (χ4v) is 3.30. The number of hydrogen-bond donors (Lipinski definition) is 2. The van der Waals surface area contributed by atoms with Crippen molar-refractivity contribution in [1.29, 1.82) is 0 Å². The number of carbonyl (C=O) groups is 1. The van der Waals surface area contributed by atoms with Gasteiger partial charge in [-0.15, -0.1) is 0 Å². The molecule has 0 radical (unpaired) electrons. The van der Waals surface area contributed by atoms with Crippen LogP contribution in [0.4, 0.5) is 24.7 Å². The van der Waals surface area contributed by atoms with Gasteiger partial charge in [0.15, 0.2) is 0 Å². The van der Waals surface area contributed by atoms with Crippen molar-refractivity contribution in [1.82, 2.24) is 9.97 Å². The predicted octanol–water partition coefficient (Wildman–Crippen LogP) is 5.65. The summed E-state index contributed by atoms with van der Waals surface area (Å²) in [7, 11) is 0. The van der Waals surface area contributed by atoms with Gasteiger partial charge in [0.2, 0.25) is 0 Å². The average molecular weight is 434 g/mol. The van der Waals surface area contributed by atoms with Gasteiger partial charge in [-0.3, -0.25) is 4.79 Å². The normalized spacial score (nSPS) is 11.7. The molecule has 0 aliphatic heterocycles. The maximum Gasteiger partial charge on any atom is 0.416 e. The summed E-state index contributed by atoms with van der Waals surface area (Å²) in [6.45, 7) is 0. The smallest absolute Gasteiger partial charge is 0.384 e. The fraction of sp³-hybridized carbons (Fsp3) is 0.0417. The van der Waals surface area contributed by atoms with Crippen molar-refractivity contribution < 1.29 is 18.0 Å². The first-order chi connectivity index (χ1) is 15.3. The molecule has 0 unspecified atom stereocenters. The Hall–Kier alpha value is -4.20. The molecular weight excluding hydrogens is 417 g/mol. The highest BCUT2D eigenvalue weighted by Gasteiger charge is 2.30. The minimum atomic E-state index is -4.51. The highest BCUT2D eigenvalue weighted by Crippen LogP contribution is 2.31. The monoisotopic (exact) mass is 434 g/mol. The second-order valence-corrected chi connectivity index (χ2v) is 6.98. The Morgan fingerprint density at radius 3 is 2.53 bits per heavy atom. The minimum Gasteiger partial charge on any atom is -0.384 e. The van der Waals surface area contributed by atoms with Gasteiger partial charge in [-0.05, 0) is 40.6 Å². The molecule has 0 saturated heterocycles. The molecular formula is C24H17F3N4O. The molecule has 1 amide bonds. The number of fused-ring (bicyclic) bond motifs is 1. The third-order valence-corrected chi connectivity index (χ3v) is 4.78. The zero-order valence-electron chi connectivity index (χ0n) is 16.6. The number of nitrogens with two attached hydrogens (primary N) is 1. The van der Waals surface area contributed by atoms with Gasteiger partial charge in [0.1, 0.15) is 12.1 Å². The van der Waals surface area contributed by atoms with Crippen LogP contribution in [0.3, 0.4) is 0 Å². The van der Waals surface area contributed by atoms with Crippen LogP contribution in [0.1, 0.15) is 27.2 Å². The molecule has 0 fully saturated rings. The van der Waals surface area contributed by atoms with Crippen molar-refractivity contribution >= 4 is 40.3 Å². The number of nitrogen functional groups attached to an aromatic ring is 1. The Kier molecular flexibility index (Phi) is 5.59. The molecule has 0 saturated carbocycles. The maximum atomic E-state index is 13.2. The van der Waals surface area contributed by atoms with Crippen LogP contribution >= 0.6 is 0 Å². The zero-order valence-corrected chi connectivity index (χ0v) is 16.6. The van der Waals surface area contributed by atoms with Crippen LogP contribution in [0.25, 0.3) is 22.9 Å². The van der Waals surface area contributed by atoms with E-state index in [-0.39, 0.29) is 5.69 Å². The summed E-state index contributed by atoms with van der Waals surface area (Å²) < 4.78 is 39.1. The number of carbonyl (C=O) groups excluding carboxylic acids is 1. The van der Waals surface area contributed by atoms with E-state index in [0.717, 1.165) is 17.5 Å². The van der Waals surface area contributed by atoms with E-state index in [2.05, 4.69) is 15.3 Å². The lowest BCUT2D eigenvalue weighted by Crippen LogP contribution is -2.15. The second-order valence-electron chi connectivity index (χ2n) is 6.98. The molecule has 0 aliphatic carbocycles. The van der Waals surface area contributed by atoms with Crippen molar-refractivity contribution in [2.75, 3.05) is 11.1 Å². The van der Waals surface area contributed by atoms with Gasteiger partial charge in [-0.1, -0.05) is 48.5 Å². The van der Waals surface area contributed by atoms with Gasteiger partial charge in [0, 0.05) is 11.8 Å². The Morgan fingerprint density at radius 2 is 1.75 bits per heavy atom. The molecule has 3 aromatic carbocycles. The molecule has 8 heteroatoms. The Balaban J connectivity index is 1.75. The number of benzene rings is 3. The standard InChI is InChI=1S/C24H17F3N4O/c25-24(26,27)17-5-3-6-19(12-17)31-23(32)22-16(9-8-15-4-1-2-7-20(15)22)10-11-18-13-21(28)30-14-29-18/h1-14H,(H,31,32)(H2,28,29,30)/b11-10-. The predicted molar refractivity (Wildman–Crippen MR) is 119 cm³/mol. The number of nitrogens with zero attached hydrogens (tertiary/aromatic N) is 2.